The highest BCUT2D eigenvalue weighted by Crippen LogP contribution is 2.17. The summed E-state index contributed by atoms with van der Waals surface area (Å²) in [6, 6.07) is 6.59. The third kappa shape index (κ3) is 3.53. The molecule has 1 heterocycles. The third-order valence-electron chi connectivity index (χ3n) is 2.85. The first-order valence-corrected chi connectivity index (χ1v) is 6.90. The van der Waals surface area contributed by atoms with Crippen molar-refractivity contribution in [1.82, 2.24) is 4.57 Å². The average Bonchev–Trinajstić information content (AvgIpc) is 2.74. The number of hydrogen-bond acceptors (Lipinski definition) is 1. The Balaban J connectivity index is 2.18. The minimum Gasteiger partial charge on any atom is -0.349 e. The molecule has 0 spiro atoms. The van der Waals surface area contributed by atoms with Crippen LogP contribution in [-0.2, 0) is 6.54 Å². The number of carbonyl (C=O) groups excluding carboxylic acids is 1. The van der Waals surface area contributed by atoms with Crippen LogP contribution < -0.4 is 0 Å². The van der Waals surface area contributed by atoms with Crippen LogP contribution in [-0.4, -0.2) is 10.4 Å². The van der Waals surface area contributed by atoms with Crippen molar-refractivity contribution in [3.63, 3.8) is 0 Å². The Hall–Kier alpha value is -1.42. The van der Waals surface area contributed by atoms with E-state index in [1.165, 1.54) is 12.1 Å². The predicted molar refractivity (Wildman–Crippen MR) is 76.8 cm³/mol. The van der Waals surface area contributed by atoms with Gasteiger partial charge in [-0.3, -0.25) is 4.79 Å². The lowest BCUT2D eigenvalue weighted by Gasteiger charge is -2.05. The van der Waals surface area contributed by atoms with Crippen LogP contribution in [0.15, 0.2) is 41.1 Å². The average molecular weight is 324 g/mol. The molecule has 0 bridgehead atoms. The highest BCUT2D eigenvalue weighted by atomic mass is 79.9. The summed E-state index contributed by atoms with van der Waals surface area (Å²) in [5.41, 5.74) is 1.55. The summed E-state index contributed by atoms with van der Waals surface area (Å²) in [6.07, 6.45) is 3.65. The van der Waals surface area contributed by atoms with Gasteiger partial charge in [-0.2, -0.15) is 0 Å². The molecule has 0 saturated heterocycles. The van der Waals surface area contributed by atoms with Gasteiger partial charge in [-0.05, 0) is 29.8 Å². The van der Waals surface area contributed by atoms with Crippen LogP contribution in [0.25, 0.3) is 0 Å². The fourth-order valence-corrected chi connectivity index (χ4v) is 2.44. The lowest BCUT2D eigenvalue weighted by molar-refractivity contribution is 0.0939. The maximum absolute atomic E-state index is 13.3. The van der Waals surface area contributed by atoms with Crippen LogP contribution in [0.1, 0.15) is 29.8 Å². The molecule has 0 unspecified atom stereocenters. The van der Waals surface area contributed by atoms with E-state index in [1.807, 2.05) is 30.7 Å². The van der Waals surface area contributed by atoms with E-state index in [-0.39, 0.29) is 17.5 Å². The minimum atomic E-state index is -0.269. The van der Waals surface area contributed by atoms with Gasteiger partial charge < -0.3 is 4.57 Å². The molecular formula is C15H15BrFNO. The van der Waals surface area contributed by atoms with Crippen molar-refractivity contribution in [3.05, 3.63) is 58.1 Å². The molecule has 4 heteroatoms. The van der Waals surface area contributed by atoms with Crippen molar-refractivity contribution < 1.29 is 9.18 Å². The first-order valence-electron chi connectivity index (χ1n) is 6.10. The van der Waals surface area contributed by atoms with E-state index >= 15 is 0 Å². The smallest absolute Gasteiger partial charge is 0.166 e. The van der Waals surface area contributed by atoms with Gasteiger partial charge in [-0.1, -0.05) is 29.8 Å². The third-order valence-corrected chi connectivity index (χ3v) is 3.30. The molecular weight excluding hydrogens is 309 g/mol. The van der Waals surface area contributed by atoms with Gasteiger partial charge in [0.2, 0.25) is 0 Å². The highest BCUT2D eigenvalue weighted by Gasteiger charge is 2.11. The molecule has 1 aromatic carbocycles. The van der Waals surface area contributed by atoms with E-state index in [2.05, 4.69) is 15.9 Å². The number of Topliss-reactive ketones (excluding diaryl/α,β-unsaturated/α-hetero) is 1. The second-order valence-corrected chi connectivity index (χ2v) is 5.78. The number of carbonyl (C=O) groups is 1. The zero-order valence-corrected chi connectivity index (χ0v) is 12.4. The van der Waals surface area contributed by atoms with Crippen LogP contribution >= 0.6 is 15.9 Å². The first kappa shape index (κ1) is 14.0. The van der Waals surface area contributed by atoms with Crippen LogP contribution in [0, 0.1) is 11.7 Å². The Bertz CT molecular complexity index is 584. The van der Waals surface area contributed by atoms with E-state index < -0.39 is 0 Å². The number of halogens is 2. The fourth-order valence-electron chi connectivity index (χ4n) is 1.93. The standard InChI is InChI=1S/C15H15BrFNO/c1-10(2)15(19)12-3-4-18(9-12)8-11-5-13(16)7-14(17)6-11/h3-7,9-10H,8H2,1-2H3. The van der Waals surface area contributed by atoms with Gasteiger partial charge in [0.1, 0.15) is 5.82 Å². The number of benzene rings is 1. The van der Waals surface area contributed by atoms with Gasteiger partial charge in [0.25, 0.3) is 0 Å². The molecule has 0 N–H and O–H groups in total. The molecule has 0 radical (unpaired) electrons. The number of rotatable bonds is 4. The number of hydrogen-bond donors (Lipinski definition) is 0. The Labute approximate surface area is 120 Å². The van der Waals surface area contributed by atoms with Gasteiger partial charge in [-0.25, -0.2) is 4.39 Å². The minimum absolute atomic E-state index is 0.0147. The molecule has 0 atom stereocenters. The van der Waals surface area contributed by atoms with Crippen molar-refractivity contribution in [2.24, 2.45) is 5.92 Å². The first-order chi connectivity index (χ1) is 8.95. The van der Waals surface area contributed by atoms with E-state index in [0.717, 1.165) is 5.56 Å². The second-order valence-electron chi connectivity index (χ2n) is 4.87. The van der Waals surface area contributed by atoms with Crippen LogP contribution in [0.2, 0.25) is 0 Å². The molecule has 100 valence electrons. The summed E-state index contributed by atoms with van der Waals surface area (Å²) < 4.78 is 15.9. The maximum Gasteiger partial charge on any atom is 0.166 e. The van der Waals surface area contributed by atoms with Crippen LogP contribution in [0.5, 0.6) is 0 Å². The van der Waals surface area contributed by atoms with E-state index in [1.54, 1.807) is 12.3 Å². The molecule has 0 aliphatic heterocycles. The summed E-state index contributed by atoms with van der Waals surface area (Å²) in [5.74, 6) is -0.159. The summed E-state index contributed by atoms with van der Waals surface area (Å²) in [4.78, 5) is 11.8. The number of aromatic nitrogens is 1. The molecule has 0 fully saturated rings. The number of ketones is 1. The molecule has 0 aliphatic carbocycles. The maximum atomic E-state index is 13.3. The predicted octanol–water partition coefficient (Wildman–Crippen LogP) is 4.28. The van der Waals surface area contributed by atoms with Gasteiger partial charge in [0.15, 0.2) is 5.78 Å². The van der Waals surface area contributed by atoms with Crippen molar-refractivity contribution in [3.8, 4) is 0 Å². The van der Waals surface area contributed by atoms with Crippen molar-refractivity contribution in [2.45, 2.75) is 20.4 Å². The summed E-state index contributed by atoms with van der Waals surface area (Å²) >= 11 is 3.27. The summed E-state index contributed by atoms with van der Waals surface area (Å²) in [6.45, 7) is 4.30. The molecule has 19 heavy (non-hydrogen) atoms. The molecule has 0 amide bonds. The lowest BCUT2D eigenvalue weighted by atomic mass is 10.0. The largest absolute Gasteiger partial charge is 0.349 e. The Kier molecular flexibility index (Phi) is 4.20. The Morgan fingerprint density at radius 1 is 1.37 bits per heavy atom. The lowest BCUT2D eigenvalue weighted by Crippen LogP contribution is -2.06. The van der Waals surface area contributed by atoms with E-state index in [0.29, 0.717) is 16.6 Å². The van der Waals surface area contributed by atoms with Crippen molar-refractivity contribution in [1.29, 1.82) is 0 Å². The zero-order chi connectivity index (χ0) is 14.0. The molecule has 2 rings (SSSR count). The Morgan fingerprint density at radius 3 is 2.74 bits per heavy atom. The molecule has 1 aromatic heterocycles. The SMILES string of the molecule is CC(C)C(=O)c1ccn(Cc2cc(F)cc(Br)c2)c1. The summed E-state index contributed by atoms with van der Waals surface area (Å²) in [5, 5.41) is 0. The molecule has 0 aliphatic rings. The van der Waals surface area contributed by atoms with Gasteiger partial charge in [0.05, 0.1) is 0 Å². The number of nitrogens with zero attached hydrogens (tertiary/aromatic N) is 1. The topological polar surface area (TPSA) is 22.0 Å². The quantitative estimate of drug-likeness (QED) is 0.770. The normalized spacial score (nSPS) is 11.0. The van der Waals surface area contributed by atoms with Gasteiger partial charge >= 0.3 is 0 Å². The van der Waals surface area contributed by atoms with Crippen molar-refractivity contribution in [2.75, 3.05) is 0 Å². The van der Waals surface area contributed by atoms with E-state index in [9.17, 15) is 9.18 Å². The molecule has 2 nitrogen and oxygen atoms in total. The van der Waals surface area contributed by atoms with Gasteiger partial charge in [0, 0.05) is 34.9 Å². The highest BCUT2D eigenvalue weighted by molar-refractivity contribution is 9.10. The second kappa shape index (κ2) is 5.70. The fraction of sp³-hybridized carbons (Fsp3) is 0.267. The van der Waals surface area contributed by atoms with Crippen LogP contribution in [0.3, 0.4) is 0 Å². The zero-order valence-electron chi connectivity index (χ0n) is 10.9. The molecule has 2 aromatic rings. The van der Waals surface area contributed by atoms with Crippen LogP contribution in [0.4, 0.5) is 4.39 Å². The molecule has 0 saturated carbocycles. The van der Waals surface area contributed by atoms with Crippen molar-refractivity contribution >= 4 is 21.7 Å². The Morgan fingerprint density at radius 2 is 2.11 bits per heavy atom. The van der Waals surface area contributed by atoms with E-state index in [4.69, 9.17) is 0 Å². The monoisotopic (exact) mass is 323 g/mol. The summed E-state index contributed by atoms with van der Waals surface area (Å²) in [7, 11) is 0. The van der Waals surface area contributed by atoms with Gasteiger partial charge in [-0.15, -0.1) is 0 Å².